The zero-order valence-electron chi connectivity index (χ0n) is 11.2. The molecule has 18 heavy (non-hydrogen) atoms. The van der Waals surface area contributed by atoms with E-state index < -0.39 is 5.97 Å². The molecule has 0 aromatic rings. The molecule has 1 aliphatic rings. The topological polar surface area (TPSA) is 78.4 Å². The minimum absolute atomic E-state index is 0.0169. The SMILES string of the molecule is CCC(CC)CNC(=O)NC(CC(=O)O)C1CC1. The summed E-state index contributed by atoms with van der Waals surface area (Å²) >= 11 is 0. The van der Waals surface area contributed by atoms with Gasteiger partial charge in [0.2, 0.25) is 0 Å². The van der Waals surface area contributed by atoms with Crippen LogP contribution in [0, 0.1) is 11.8 Å². The van der Waals surface area contributed by atoms with E-state index in [2.05, 4.69) is 24.5 Å². The van der Waals surface area contributed by atoms with Gasteiger partial charge in [-0.15, -0.1) is 0 Å². The lowest BCUT2D eigenvalue weighted by Crippen LogP contribution is -2.45. The molecule has 0 aliphatic heterocycles. The third-order valence-electron chi connectivity index (χ3n) is 3.61. The lowest BCUT2D eigenvalue weighted by Gasteiger charge is -2.18. The van der Waals surface area contributed by atoms with Crippen LogP contribution in [0.5, 0.6) is 0 Å². The molecule has 0 bridgehead atoms. The summed E-state index contributed by atoms with van der Waals surface area (Å²) in [4.78, 5) is 22.4. The molecule has 2 amide bonds. The molecule has 5 nitrogen and oxygen atoms in total. The third-order valence-corrected chi connectivity index (χ3v) is 3.61. The van der Waals surface area contributed by atoms with E-state index in [1.165, 1.54) is 0 Å². The number of hydrogen-bond acceptors (Lipinski definition) is 2. The molecule has 0 aromatic carbocycles. The second kappa shape index (κ2) is 7.24. The minimum atomic E-state index is -0.854. The van der Waals surface area contributed by atoms with Crippen molar-refractivity contribution in [1.29, 1.82) is 0 Å². The molecule has 0 radical (unpaired) electrons. The average molecular weight is 256 g/mol. The average Bonchev–Trinajstić information content (AvgIpc) is 3.12. The summed E-state index contributed by atoms with van der Waals surface area (Å²) in [7, 11) is 0. The lowest BCUT2D eigenvalue weighted by molar-refractivity contribution is -0.137. The Morgan fingerprint density at radius 3 is 2.33 bits per heavy atom. The van der Waals surface area contributed by atoms with Crippen LogP contribution >= 0.6 is 0 Å². The van der Waals surface area contributed by atoms with Gasteiger partial charge in [0, 0.05) is 12.6 Å². The number of nitrogens with one attached hydrogen (secondary N) is 2. The summed E-state index contributed by atoms with van der Waals surface area (Å²) in [6.45, 7) is 4.86. The van der Waals surface area contributed by atoms with E-state index in [1.54, 1.807) is 0 Å². The van der Waals surface area contributed by atoms with Gasteiger partial charge in [-0.05, 0) is 24.7 Å². The van der Waals surface area contributed by atoms with Gasteiger partial charge in [-0.2, -0.15) is 0 Å². The van der Waals surface area contributed by atoms with Gasteiger partial charge in [0.05, 0.1) is 6.42 Å². The molecule has 1 atom stereocenters. The maximum Gasteiger partial charge on any atom is 0.315 e. The zero-order valence-corrected chi connectivity index (χ0v) is 11.2. The number of aliphatic carboxylic acids is 1. The van der Waals surface area contributed by atoms with Crippen molar-refractivity contribution >= 4 is 12.0 Å². The highest BCUT2D eigenvalue weighted by Gasteiger charge is 2.33. The van der Waals surface area contributed by atoms with Crippen molar-refractivity contribution in [3.63, 3.8) is 0 Å². The van der Waals surface area contributed by atoms with Gasteiger partial charge in [-0.25, -0.2) is 4.79 Å². The van der Waals surface area contributed by atoms with E-state index in [9.17, 15) is 9.59 Å². The van der Waals surface area contributed by atoms with E-state index in [4.69, 9.17) is 5.11 Å². The van der Waals surface area contributed by atoms with Gasteiger partial charge in [-0.3, -0.25) is 4.79 Å². The van der Waals surface area contributed by atoms with E-state index >= 15 is 0 Å². The van der Waals surface area contributed by atoms with Gasteiger partial charge < -0.3 is 15.7 Å². The fourth-order valence-corrected chi connectivity index (χ4v) is 2.06. The van der Waals surface area contributed by atoms with Crippen LogP contribution in [0.15, 0.2) is 0 Å². The molecule has 1 unspecified atom stereocenters. The first kappa shape index (κ1) is 14.8. The molecule has 0 heterocycles. The highest BCUT2D eigenvalue weighted by Crippen LogP contribution is 2.33. The lowest BCUT2D eigenvalue weighted by atomic mass is 10.0. The molecule has 104 valence electrons. The number of carboxylic acids is 1. The van der Waals surface area contributed by atoms with Crippen LogP contribution in [0.1, 0.15) is 46.0 Å². The quantitative estimate of drug-likeness (QED) is 0.621. The van der Waals surface area contributed by atoms with Crippen LogP contribution in [-0.2, 0) is 4.79 Å². The third kappa shape index (κ3) is 5.38. The maximum absolute atomic E-state index is 11.7. The predicted molar refractivity (Wildman–Crippen MR) is 69.4 cm³/mol. The van der Waals surface area contributed by atoms with Gasteiger partial charge in [0.1, 0.15) is 0 Å². The van der Waals surface area contributed by atoms with Crippen LogP contribution in [0.2, 0.25) is 0 Å². The maximum atomic E-state index is 11.7. The molecule has 1 saturated carbocycles. The molecular formula is C13H24N2O3. The number of rotatable bonds is 8. The molecule has 1 fully saturated rings. The number of amides is 2. The monoisotopic (exact) mass is 256 g/mol. The first-order valence-electron chi connectivity index (χ1n) is 6.82. The van der Waals surface area contributed by atoms with Crippen molar-refractivity contribution in [2.75, 3.05) is 6.54 Å². The standard InChI is InChI=1S/C13H24N2O3/c1-3-9(4-2)8-14-13(18)15-11(7-12(16)17)10-5-6-10/h9-11H,3-8H2,1-2H3,(H,16,17)(H2,14,15,18). The number of carbonyl (C=O) groups excluding carboxylic acids is 1. The van der Waals surface area contributed by atoms with Crippen molar-refractivity contribution in [2.45, 2.75) is 52.0 Å². The Balaban J connectivity index is 2.30. The molecule has 0 aromatic heterocycles. The number of hydrogen-bond donors (Lipinski definition) is 3. The number of carboxylic acid groups (broad SMARTS) is 1. The second-order valence-electron chi connectivity index (χ2n) is 5.08. The zero-order chi connectivity index (χ0) is 13.5. The fraction of sp³-hybridized carbons (Fsp3) is 0.846. The Bertz CT molecular complexity index is 286. The Labute approximate surface area is 108 Å². The van der Waals surface area contributed by atoms with E-state index in [0.717, 1.165) is 25.7 Å². The summed E-state index contributed by atoms with van der Waals surface area (Å²) in [5.41, 5.74) is 0. The van der Waals surface area contributed by atoms with E-state index in [0.29, 0.717) is 18.4 Å². The summed E-state index contributed by atoms with van der Waals surface area (Å²) < 4.78 is 0. The predicted octanol–water partition coefficient (Wildman–Crippen LogP) is 1.98. The first-order chi connectivity index (χ1) is 8.56. The van der Waals surface area contributed by atoms with E-state index in [-0.39, 0.29) is 18.5 Å². The molecule has 1 rings (SSSR count). The Kier molecular flexibility index (Phi) is 5.95. The largest absolute Gasteiger partial charge is 0.481 e. The number of urea groups is 1. The summed E-state index contributed by atoms with van der Waals surface area (Å²) in [6.07, 6.45) is 4.13. The van der Waals surface area contributed by atoms with Crippen LogP contribution in [0.25, 0.3) is 0 Å². The van der Waals surface area contributed by atoms with Crippen molar-refractivity contribution in [3.8, 4) is 0 Å². The first-order valence-corrected chi connectivity index (χ1v) is 6.82. The summed E-state index contributed by atoms with van der Waals surface area (Å²) in [5, 5.41) is 14.4. The highest BCUT2D eigenvalue weighted by atomic mass is 16.4. The molecule has 1 aliphatic carbocycles. The van der Waals surface area contributed by atoms with E-state index in [1.807, 2.05) is 0 Å². The van der Waals surface area contributed by atoms with Crippen LogP contribution in [-0.4, -0.2) is 29.7 Å². The van der Waals surface area contributed by atoms with Crippen LogP contribution in [0.4, 0.5) is 4.79 Å². The van der Waals surface area contributed by atoms with Crippen LogP contribution in [0.3, 0.4) is 0 Å². The molecular weight excluding hydrogens is 232 g/mol. The summed E-state index contributed by atoms with van der Waals surface area (Å²) in [6, 6.07) is -0.454. The molecule has 5 heteroatoms. The Morgan fingerprint density at radius 2 is 1.89 bits per heavy atom. The smallest absolute Gasteiger partial charge is 0.315 e. The van der Waals surface area contributed by atoms with Gasteiger partial charge in [0.25, 0.3) is 0 Å². The van der Waals surface area contributed by atoms with Crippen molar-refractivity contribution in [2.24, 2.45) is 11.8 Å². The second-order valence-corrected chi connectivity index (χ2v) is 5.08. The molecule has 0 spiro atoms. The van der Waals surface area contributed by atoms with Gasteiger partial charge >= 0.3 is 12.0 Å². The number of carbonyl (C=O) groups is 2. The minimum Gasteiger partial charge on any atom is -0.481 e. The molecule has 3 N–H and O–H groups in total. The van der Waals surface area contributed by atoms with Gasteiger partial charge in [0.15, 0.2) is 0 Å². The van der Waals surface area contributed by atoms with Crippen molar-refractivity contribution < 1.29 is 14.7 Å². The normalized spacial score (nSPS) is 16.4. The van der Waals surface area contributed by atoms with Crippen LogP contribution < -0.4 is 10.6 Å². The highest BCUT2D eigenvalue weighted by molar-refractivity contribution is 5.75. The van der Waals surface area contributed by atoms with Gasteiger partial charge in [-0.1, -0.05) is 26.7 Å². The van der Waals surface area contributed by atoms with Crippen molar-refractivity contribution in [3.05, 3.63) is 0 Å². The Hall–Kier alpha value is -1.26. The molecule has 0 saturated heterocycles. The Morgan fingerprint density at radius 1 is 1.28 bits per heavy atom. The fourth-order valence-electron chi connectivity index (χ4n) is 2.06. The summed E-state index contributed by atoms with van der Waals surface area (Å²) in [5.74, 6) is -0.0122. The van der Waals surface area contributed by atoms with Crippen molar-refractivity contribution in [1.82, 2.24) is 10.6 Å².